The largest absolute Gasteiger partial charge is 0.457 e. The van der Waals surface area contributed by atoms with E-state index in [-0.39, 0.29) is 5.41 Å². The summed E-state index contributed by atoms with van der Waals surface area (Å²) in [6, 6.07) is 26.1. The smallest absolute Gasteiger partial charge is 0.133 e. The van der Waals surface area contributed by atoms with E-state index in [1.165, 1.54) is 11.1 Å². The second-order valence-electron chi connectivity index (χ2n) is 9.44. The highest BCUT2D eigenvalue weighted by Crippen LogP contribution is 2.40. The maximum atomic E-state index is 6.28. The SMILES string of the molecule is CCC(C)(c1ccc(Oc2ccc(N)cc2)cc1)c1cc(C)c(Oc2ccc(N)c(C)c2)c(C)c1. The maximum Gasteiger partial charge on any atom is 0.133 e. The lowest BCUT2D eigenvalue weighted by atomic mass is 9.73. The van der Waals surface area contributed by atoms with Crippen LogP contribution in [0.5, 0.6) is 23.0 Å². The van der Waals surface area contributed by atoms with E-state index in [4.69, 9.17) is 20.9 Å². The monoisotopic (exact) mass is 466 g/mol. The predicted molar refractivity (Wildman–Crippen MR) is 146 cm³/mol. The number of nitrogens with two attached hydrogens (primary N) is 2. The van der Waals surface area contributed by atoms with Crippen molar-refractivity contribution in [3.63, 3.8) is 0 Å². The van der Waals surface area contributed by atoms with Gasteiger partial charge in [0.15, 0.2) is 0 Å². The number of nitrogen functional groups attached to an aromatic ring is 2. The molecule has 0 aliphatic heterocycles. The van der Waals surface area contributed by atoms with Crippen LogP contribution >= 0.6 is 0 Å². The third-order valence-corrected chi connectivity index (χ3v) is 6.87. The van der Waals surface area contributed by atoms with Gasteiger partial charge in [0, 0.05) is 16.8 Å². The maximum absolute atomic E-state index is 6.28. The fraction of sp³-hybridized carbons (Fsp3) is 0.226. The Labute approximate surface area is 208 Å². The molecule has 0 heterocycles. The molecule has 4 N–H and O–H groups in total. The number of hydrogen-bond donors (Lipinski definition) is 2. The van der Waals surface area contributed by atoms with Crippen LogP contribution in [-0.2, 0) is 5.41 Å². The minimum absolute atomic E-state index is 0.147. The molecule has 0 aliphatic carbocycles. The van der Waals surface area contributed by atoms with E-state index >= 15 is 0 Å². The quantitative estimate of drug-likeness (QED) is 0.270. The Morgan fingerprint density at radius 1 is 0.629 bits per heavy atom. The van der Waals surface area contributed by atoms with Crippen molar-refractivity contribution in [1.29, 1.82) is 0 Å². The van der Waals surface area contributed by atoms with Gasteiger partial charge in [-0.05, 0) is 110 Å². The van der Waals surface area contributed by atoms with Gasteiger partial charge in [-0.3, -0.25) is 0 Å². The Morgan fingerprint density at radius 3 is 1.71 bits per heavy atom. The summed E-state index contributed by atoms with van der Waals surface area (Å²) in [4.78, 5) is 0. The van der Waals surface area contributed by atoms with Crippen LogP contribution in [-0.4, -0.2) is 0 Å². The second-order valence-corrected chi connectivity index (χ2v) is 9.44. The number of rotatable bonds is 7. The van der Waals surface area contributed by atoms with Gasteiger partial charge in [0.25, 0.3) is 0 Å². The van der Waals surface area contributed by atoms with Crippen molar-refractivity contribution in [2.75, 3.05) is 11.5 Å². The number of ether oxygens (including phenoxy) is 2. The molecule has 0 saturated carbocycles. The van der Waals surface area contributed by atoms with Crippen LogP contribution in [0.4, 0.5) is 11.4 Å². The summed E-state index contributed by atoms with van der Waals surface area (Å²) in [5, 5.41) is 0. The van der Waals surface area contributed by atoms with E-state index in [1.807, 2.05) is 61.5 Å². The van der Waals surface area contributed by atoms with E-state index in [0.717, 1.165) is 57.5 Å². The molecule has 0 bridgehead atoms. The van der Waals surface area contributed by atoms with Crippen LogP contribution in [0.2, 0.25) is 0 Å². The third kappa shape index (κ3) is 5.12. The Kier molecular flexibility index (Phi) is 6.74. The molecule has 0 aromatic heterocycles. The average Bonchev–Trinajstić information content (AvgIpc) is 2.85. The Balaban J connectivity index is 1.60. The minimum atomic E-state index is -0.147. The summed E-state index contributed by atoms with van der Waals surface area (Å²) in [6.45, 7) is 10.7. The highest BCUT2D eigenvalue weighted by Gasteiger charge is 2.28. The van der Waals surface area contributed by atoms with Crippen LogP contribution in [0.1, 0.15) is 48.1 Å². The van der Waals surface area contributed by atoms with Gasteiger partial charge >= 0.3 is 0 Å². The van der Waals surface area contributed by atoms with Gasteiger partial charge < -0.3 is 20.9 Å². The lowest BCUT2D eigenvalue weighted by Crippen LogP contribution is -2.23. The van der Waals surface area contributed by atoms with Crippen molar-refractivity contribution in [3.8, 4) is 23.0 Å². The van der Waals surface area contributed by atoms with E-state index < -0.39 is 0 Å². The van der Waals surface area contributed by atoms with E-state index in [2.05, 4.69) is 52.0 Å². The first-order valence-electron chi connectivity index (χ1n) is 12.0. The van der Waals surface area contributed by atoms with Crippen molar-refractivity contribution in [2.45, 2.75) is 46.5 Å². The molecule has 0 radical (unpaired) electrons. The third-order valence-electron chi connectivity index (χ3n) is 6.87. The normalized spacial score (nSPS) is 12.7. The summed E-state index contributed by atoms with van der Waals surface area (Å²) in [7, 11) is 0. The zero-order valence-electron chi connectivity index (χ0n) is 21.2. The fourth-order valence-corrected chi connectivity index (χ4v) is 4.40. The van der Waals surface area contributed by atoms with Crippen molar-refractivity contribution in [1.82, 2.24) is 0 Å². The molecule has 4 aromatic rings. The summed E-state index contributed by atoms with van der Waals surface area (Å²) < 4.78 is 12.3. The first-order valence-corrected chi connectivity index (χ1v) is 12.0. The second kappa shape index (κ2) is 9.75. The molecule has 0 amide bonds. The van der Waals surface area contributed by atoms with Crippen molar-refractivity contribution >= 4 is 11.4 Å². The molecule has 4 heteroatoms. The average molecular weight is 467 g/mol. The molecule has 4 aromatic carbocycles. The summed E-state index contributed by atoms with van der Waals surface area (Å²) in [5.41, 5.74) is 18.8. The van der Waals surface area contributed by atoms with Gasteiger partial charge in [-0.1, -0.05) is 38.1 Å². The zero-order valence-corrected chi connectivity index (χ0v) is 21.2. The van der Waals surface area contributed by atoms with Crippen molar-refractivity contribution in [3.05, 3.63) is 107 Å². The summed E-state index contributed by atoms with van der Waals surface area (Å²) >= 11 is 0. The molecule has 0 fully saturated rings. The topological polar surface area (TPSA) is 70.5 Å². The Morgan fingerprint density at radius 2 is 1.17 bits per heavy atom. The van der Waals surface area contributed by atoms with Gasteiger partial charge in [-0.2, -0.15) is 0 Å². The minimum Gasteiger partial charge on any atom is -0.457 e. The molecule has 1 unspecified atom stereocenters. The zero-order chi connectivity index (χ0) is 25.2. The van der Waals surface area contributed by atoms with Crippen LogP contribution in [0, 0.1) is 20.8 Å². The van der Waals surface area contributed by atoms with Crippen molar-refractivity contribution in [2.24, 2.45) is 0 Å². The van der Waals surface area contributed by atoms with Gasteiger partial charge in [0.1, 0.15) is 23.0 Å². The van der Waals surface area contributed by atoms with E-state index in [0.29, 0.717) is 0 Å². The van der Waals surface area contributed by atoms with E-state index in [1.54, 1.807) is 0 Å². The van der Waals surface area contributed by atoms with Crippen LogP contribution in [0.15, 0.2) is 78.9 Å². The van der Waals surface area contributed by atoms with Gasteiger partial charge in [-0.25, -0.2) is 0 Å². The molecule has 4 rings (SSSR count). The molecular formula is C31H34N2O2. The lowest BCUT2D eigenvalue weighted by molar-refractivity contribution is 0.472. The lowest BCUT2D eigenvalue weighted by Gasteiger charge is -2.31. The van der Waals surface area contributed by atoms with Crippen molar-refractivity contribution < 1.29 is 9.47 Å². The molecule has 35 heavy (non-hydrogen) atoms. The Hall–Kier alpha value is -3.92. The molecule has 180 valence electrons. The molecule has 1 atom stereocenters. The van der Waals surface area contributed by atoms with Gasteiger partial charge in [-0.15, -0.1) is 0 Å². The molecule has 0 saturated heterocycles. The van der Waals surface area contributed by atoms with Gasteiger partial charge in [0.05, 0.1) is 0 Å². The fourth-order valence-electron chi connectivity index (χ4n) is 4.40. The highest BCUT2D eigenvalue weighted by atomic mass is 16.5. The van der Waals surface area contributed by atoms with Crippen LogP contribution < -0.4 is 20.9 Å². The number of aryl methyl sites for hydroxylation is 3. The van der Waals surface area contributed by atoms with Crippen LogP contribution in [0.3, 0.4) is 0 Å². The molecular weight excluding hydrogens is 432 g/mol. The van der Waals surface area contributed by atoms with Gasteiger partial charge in [0.2, 0.25) is 0 Å². The molecule has 4 nitrogen and oxygen atoms in total. The predicted octanol–water partition coefficient (Wildman–Crippen LogP) is 8.08. The number of anilines is 2. The highest BCUT2D eigenvalue weighted by molar-refractivity contribution is 5.54. The van der Waals surface area contributed by atoms with Crippen LogP contribution in [0.25, 0.3) is 0 Å². The Bertz CT molecular complexity index is 1300. The standard InChI is InChI=1S/C31H34N2O2/c1-6-31(5,23-7-11-26(12-8-23)34-27-13-9-25(32)10-14-27)24-17-21(3)30(22(4)18-24)35-28-15-16-29(33)20(2)19-28/h7-19H,6,32-33H2,1-5H3. The first-order chi connectivity index (χ1) is 16.7. The first kappa shape index (κ1) is 24.2. The number of benzene rings is 4. The summed E-state index contributed by atoms with van der Waals surface area (Å²) in [6.07, 6.45) is 0.960. The molecule has 0 spiro atoms. The summed E-state index contributed by atoms with van der Waals surface area (Å²) in [5.74, 6) is 3.25. The number of hydrogen-bond acceptors (Lipinski definition) is 4. The van der Waals surface area contributed by atoms with E-state index in [9.17, 15) is 0 Å². The molecule has 0 aliphatic rings.